The van der Waals surface area contributed by atoms with Crippen molar-refractivity contribution in [2.24, 2.45) is 0 Å². The fourth-order valence-corrected chi connectivity index (χ4v) is 4.38. The van der Waals surface area contributed by atoms with Crippen molar-refractivity contribution >= 4 is 35.0 Å². The molecule has 198 valence electrons. The Morgan fingerprint density at radius 3 is 2.17 bits per heavy atom. The van der Waals surface area contributed by atoms with Crippen LogP contribution in [0, 0.1) is 0 Å². The molecule has 0 aliphatic carbocycles. The molecule has 0 fully saturated rings. The first-order valence-electron chi connectivity index (χ1n) is 12.7. The monoisotopic (exact) mass is 536 g/mol. The Labute approximate surface area is 225 Å². The van der Waals surface area contributed by atoms with E-state index < -0.39 is 6.04 Å². The van der Waals surface area contributed by atoms with Crippen molar-refractivity contribution < 1.29 is 19.1 Å². The molecule has 0 aromatic heterocycles. The van der Waals surface area contributed by atoms with Crippen molar-refractivity contribution in [3.8, 4) is 11.5 Å². The second-order valence-corrected chi connectivity index (χ2v) is 9.43. The quantitative estimate of drug-likeness (QED) is 0.301. The number of benzene rings is 2. The summed E-state index contributed by atoms with van der Waals surface area (Å²) >= 11 is 12.8. The van der Waals surface area contributed by atoms with Crippen LogP contribution in [0.5, 0.6) is 11.5 Å². The van der Waals surface area contributed by atoms with Gasteiger partial charge in [-0.3, -0.25) is 9.59 Å². The van der Waals surface area contributed by atoms with E-state index in [0.29, 0.717) is 53.2 Å². The summed E-state index contributed by atoms with van der Waals surface area (Å²) in [7, 11) is 0. The van der Waals surface area contributed by atoms with Gasteiger partial charge < -0.3 is 19.7 Å². The number of halogens is 2. The summed E-state index contributed by atoms with van der Waals surface area (Å²) < 4.78 is 11.4. The number of aryl methyl sites for hydroxylation is 1. The summed E-state index contributed by atoms with van der Waals surface area (Å²) in [4.78, 5) is 28.3. The highest BCUT2D eigenvalue weighted by Gasteiger charge is 2.30. The van der Waals surface area contributed by atoms with Gasteiger partial charge in [-0.2, -0.15) is 0 Å². The van der Waals surface area contributed by atoms with Crippen LogP contribution in [0.1, 0.15) is 65.0 Å². The zero-order valence-corrected chi connectivity index (χ0v) is 23.4. The maximum atomic E-state index is 13.6. The highest BCUT2D eigenvalue weighted by Crippen LogP contribution is 2.30. The number of nitrogens with one attached hydrogen (secondary N) is 1. The van der Waals surface area contributed by atoms with Crippen molar-refractivity contribution in [3.05, 3.63) is 57.6 Å². The Kier molecular flexibility index (Phi) is 12.4. The zero-order chi connectivity index (χ0) is 26.7. The lowest BCUT2D eigenvalue weighted by atomic mass is 10.0. The average molecular weight is 538 g/mol. The van der Waals surface area contributed by atoms with E-state index in [9.17, 15) is 9.59 Å². The Hall–Kier alpha value is -2.44. The highest BCUT2D eigenvalue weighted by atomic mass is 35.5. The molecule has 2 aromatic rings. The van der Waals surface area contributed by atoms with Crippen LogP contribution in [0.15, 0.2) is 36.4 Å². The van der Waals surface area contributed by atoms with Gasteiger partial charge in [0.05, 0.1) is 13.2 Å². The summed E-state index contributed by atoms with van der Waals surface area (Å²) in [5, 5.41) is 3.94. The van der Waals surface area contributed by atoms with E-state index in [2.05, 4.69) is 5.32 Å². The number of carbonyl (C=O) groups is 2. The van der Waals surface area contributed by atoms with Crippen LogP contribution < -0.4 is 14.8 Å². The molecular weight excluding hydrogens is 499 g/mol. The van der Waals surface area contributed by atoms with E-state index in [1.807, 2.05) is 52.8 Å². The van der Waals surface area contributed by atoms with Crippen LogP contribution in [0.25, 0.3) is 0 Å². The highest BCUT2D eigenvalue weighted by molar-refractivity contribution is 6.36. The summed E-state index contributed by atoms with van der Waals surface area (Å²) in [6.07, 6.45) is 1.97. The smallest absolute Gasteiger partial charge is 0.243 e. The molecule has 0 spiro atoms. The van der Waals surface area contributed by atoms with E-state index in [1.54, 1.807) is 23.1 Å². The number of amides is 2. The van der Waals surface area contributed by atoms with Crippen LogP contribution in [0.4, 0.5) is 0 Å². The van der Waals surface area contributed by atoms with Crippen molar-refractivity contribution in [1.82, 2.24) is 10.2 Å². The average Bonchev–Trinajstić information content (AvgIpc) is 2.85. The lowest BCUT2D eigenvalue weighted by Gasteiger charge is -2.32. The van der Waals surface area contributed by atoms with Gasteiger partial charge in [0, 0.05) is 34.6 Å². The molecular formula is C28H38Cl2N2O4. The molecule has 2 amide bonds. The molecule has 2 atom stereocenters. The van der Waals surface area contributed by atoms with Crippen LogP contribution in [-0.4, -0.2) is 42.0 Å². The van der Waals surface area contributed by atoms with Gasteiger partial charge in [0.15, 0.2) is 11.5 Å². The van der Waals surface area contributed by atoms with E-state index in [-0.39, 0.29) is 30.8 Å². The predicted molar refractivity (Wildman–Crippen MR) is 146 cm³/mol. The molecule has 6 nitrogen and oxygen atoms in total. The Morgan fingerprint density at radius 1 is 0.944 bits per heavy atom. The SMILES string of the molecule is CCOc1ccc(CCC(=O)N(Cc2c(Cl)cccc2Cl)[C@@H](CC)C(=O)N[C@@H](C)CC)cc1OCC. The third-order valence-electron chi connectivity index (χ3n) is 6.01. The van der Waals surface area contributed by atoms with Gasteiger partial charge >= 0.3 is 0 Å². The minimum Gasteiger partial charge on any atom is -0.490 e. The maximum absolute atomic E-state index is 13.6. The molecule has 0 unspecified atom stereocenters. The van der Waals surface area contributed by atoms with Crippen LogP contribution in [-0.2, 0) is 22.6 Å². The summed E-state index contributed by atoms with van der Waals surface area (Å²) in [5.41, 5.74) is 1.58. The van der Waals surface area contributed by atoms with Crippen LogP contribution in [0.3, 0.4) is 0 Å². The number of ether oxygens (including phenoxy) is 2. The molecule has 8 heteroatoms. The first kappa shape index (κ1) is 29.8. The first-order valence-corrected chi connectivity index (χ1v) is 13.4. The summed E-state index contributed by atoms with van der Waals surface area (Å²) in [6.45, 7) is 10.9. The Morgan fingerprint density at radius 2 is 1.58 bits per heavy atom. The lowest BCUT2D eigenvalue weighted by Crippen LogP contribution is -2.50. The van der Waals surface area contributed by atoms with Crippen molar-refractivity contribution in [3.63, 3.8) is 0 Å². The molecule has 0 aliphatic heterocycles. The van der Waals surface area contributed by atoms with E-state index >= 15 is 0 Å². The molecule has 0 radical (unpaired) electrons. The van der Waals surface area contributed by atoms with Gasteiger partial charge in [0.2, 0.25) is 11.8 Å². The Balaban J connectivity index is 2.30. The van der Waals surface area contributed by atoms with Crippen molar-refractivity contribution in [2.45, 2.75) is 78.9 Å². The topological polar surface area (TPSA) is 67.9 Å². The molecule has 1 N–H and O–H groups in total. The van der Waals surface area contributed by atoms with Gasteiger partial charge in [0.25, 0.3) is 0 Å². The molecule has 0 bridgehead atoms. The molecule has 0 saturated carbocycles. The van der Waals surface area contributed by atoms with E-state index in [1.165, 1.54) is 0 Å². The van der Waals surface area contributed by atoms with Gasteiger partial charge in [-0.1, -0.05) is 49.2 Å². The fourth-order valence-electron chi connectivity index (χ4n) is 3.86. The molecule has 0 aliphatic rings. The summed E-state index contributed by atoms with van der Waals surface area (Å²) in [6, 6.07) is 10.3. The van der Waals surface area contributed by atoms with Crippen LogP contribution >= 0.6 is 23.2 Å². The molecule has 0 saturated heterocycles. The number of rotatable bonds is 14. The minimum absolute atomic E-state index is 0.00763. The van der Waals surface area contributed by atoms with Crippen molar-refractivity contribution in [2.75, 3.05) is 13.2 Å². The molecule has 36 heavy (non-hydrogen) atoms. The van der Waals surface area contributed by atoms with Crippen LogP contribution in [0.2, 0.25) is 10.0 Å². The third-order valence-corrected chi connectivity index (χ3v) is 6.72. The van der Waals surface area contributed by atoms with Gasteiger partial charge in [0.1, 0.15) is 6.04 Å². The number of nitrogens with zero attached hydrogens (tertiary/aromatic N) is 1. The Bertz CT molecular complexity index is 995. The predicted octanol–water partition coefficient (Wildman–Crippen LogP) is 6.45. The largest absolute Gasteiger partial charge is 0.490 e. The second-order valence-electron chi connectivity index (χ2n) is 8.61. The lowest BCUT2D eigenvalue weighted by molar-refractivity contribution is -0.141. The fraction of sp³-hybridized carbons (Fsp3) is 0.500. The minimum atomic E-state index is -0.641. The first-order chi connectivity index (χ1) is 17.2. The van der Waals surface area contributed by atoms with Crippen molar-refractivity contribution in [1.29, 1.82) is 0 Å². The number of hydrogen-bond acceptors (Lipinski definition) is 4. The number of carbonyl (C=O) groups excluding carboxylic acids is 2. The molecule has 2 rings (SSSR count). The normalized spacial score (nSPS) is 12.5. The maximum Gasteiger partial charge on any atom is 0.243 e. The van der Waals surface area contributed by atoms with Gasteiger partial charge in [-0.25, -0.2) is 0 Å². The third kappa shape index (κ3) is 8.31. The van der Waals surface area contributed by atoms with Gasteiger partial charge in [-0.15, -0.1) is 0 Å². The van der Waals surface area contributed by atoms with Gasteiger partial charge in [-0.05, 0) is 69.9 Å². The molecule has 2 aromatic carbocycles. The van der Waals surface area contributed by atoms with E-state index in [0.717, 1.165) is 12.0 Å². The molecule has 0 heterocycles. The summed E-state index contributed by atoms with van der Waals surface area (Å²) in [5.74, 6) is 1.01. The number of hydrogen-bond donors (Lipinski definition) is 1. The second kappa shape index (κ2) is 15.0. The standard InChI is InChI=1S/C28H38Cl2N2O4/c1-6-19(5)31-28(34)24(7-2)32(18-21-22(29)11-10-12-23(21)30)27(33)16-14-20-13-15-25(35-8-3)26(17-20)36-9-4/h10-13,15,17,19,24H,6-9,14,16,18H2,1-5H3,(H,31,34)/t19-,24-/m0/s1. The van der Waals surface area contributed by atoms with E-state index in [4.69, 9.17) is 32.7 Å². The zero-order valence-electron chi connectivity index (χ0n) is 21.9.